The summed E-state index contributed by atoms with van der Waals surface area (Å²) in [5.41, 5.74) is 3.10. The maximum absolute atomic E-state index is 6.61. The summed E-state index contributed by atoms with van der Waals surface area (Å²) < 4.78 is 7.47. The van der Waals surface area contributed by atoms with Crippen LogP contribution in [0.3, 0.4) is 0 Å². The second kappa shape index (κ2) is 6.29. The van der Waals surface area contributed by atoms with Crippen molar-refractivity contribution in [3.63, 3.8) is 0 Å². The average molecular weight is 405 g/mol. The number of rotatable bonds is 3. The van der Waals surface area contributed by atoms with E-state index in [1.165, 1.54) is 0 Å². The van der Waals surface area contributed by atoms with Crippen LogP contribution < -0.4 is 4.74 Å². The van der Waals surface area contributed by atoms with Gasteiger partial charge in [-0.25, -0.2) is 0 Å². The minimum absolute atomic E-state index is 0.262. The Morgan fingerprint density at radius 1 is 1.05 bits per heavy atom. The molecule has 2 rings (SSSR count). The van der Waals surface area contributed by atoms with E-state index in [9.17, 15) is 0 Å². The molecule has 0 heterocycles. The van der Waals surface area contributed by atoms with Gasteiger partial charge in [-0.15, -0.1) is 11.6 Å². The first kappa shape index (κ1) is 14.9. The number of halogens is 3. The summed E-state index contributed by atoms with van der Waals surface area (Å²) in [6.07, 6.45) is 0. The van der Waals surface area contributed by atoms with Crippen LogP contribution in [0.5, 0.6) is 5.75 Å². The van der Waals surface area contributed by atoms with Crippen molar-refractivity contribution in [2.45, 2.75) is 12.3 Å². The monoisotopic (exact) mass is 402 g/mol. The van der Waals surface area contributed by atoms with Gasteiger partial charge < -0.3 is 4.74 Å². The molecular weight excluding hydrogens is 391 g/mol. The van der Waals surface area contributed by atoms with Gasteiger partial charge in [-0.05, 0) is 36.2 Å². The lowest BCUT2D eigenvalue weighted by molar-refractivity contribution is 0.409. The molecule has 0 spiro atoms. The minimum Gasteiger partial charge on any atom is -0.496 e. The van der Waals surface area contributed by atoms with Gasteiger partial charge >= 0.3 is 0 Å². The van der Waals surface area contributed by atoms with E-state index >= 15 is 0 Å². The number of methoxy groups -OCH3 is 1. The third-order valence-corrected chi connectivity index (χ3v) is 5.01. The van der Waals surface area contributed by atoms with Crippen LogP contribution in [0.1, 0.15) is 22.1 Å². The molecule has 1 atom stereocenters. The summed E-state index contributed by atoms with van der Waals surface area (Å²) in [6.45, 7) is 2.03. The maximum Gasteiger partial charge on any atom is 0.124 e. The predicted molar refractivity (Wildman–Crippen MR) is 87.3 cm³/mol. The molecular formula is C15H13Br2ClO. The van der Waals surface area contributed by atoms with Crippen molar-refractivity contribution >= 4 is 43.5 Å². The van der Waals surface area contributed by atoms with Gasteiger partial charge in [0, 0.05) is 14.5 Å². The quantitative estimate of drug-likeness (QED) is 0.583. The molecule has 0 fully saturated rings. The molecule has 0 aliphatic carbocycles. The number of ether oxygens (including phenoxy) is 1. The van der Waals surface area contributed by atoms with Crippen molar-refractivity contribution in [2.24, 2.45) is 0 Å². The summed E-state index contributed by atoms with van der Waals surface area (Å²) in [7, 11) is 1.66. The van der Waals surface area contributed by atoms with Gasteiger partial charge in [0.2, 0.25) is 0 Å². The van der Waals surface area contributed by atoms with Crippen molar-refractivity contribution in [1.82, 2.24) is 0 Å². The molecule has 0 aliphatic heterocycles. The third-order valence-electron chi connectivity index (χ3n) is 2.96. The van der Waals surface area contributed by atoms with E-state index in [4.69, 9.17) is 16.3 Å². The summed E-state index contributed by atoms with van der Waals surface area (Å²) in [5.74, 6) is 0.802. The van der Waals surface area contributed by atoms with Gasteiger partial charge in [-0.3, -0.25) is 0 Å². The zero-order valence-electron chi connectivity index (χ0n) is 10.6. The second-order valence-electron chi connectivity index (χ2n) is 4.23. The molecule has 0 saturated carbocycles. The smallest absolute Gasteiger partial charge is 0.124 e. The molecule has 0 aromatic heterocycles. The summed E-state index contributed by atoms with van der Waals surface area (Å²) >= 11 is 13.7. The molecule has 0 saturated heterocycles. The van der Waals surface area contributed by atoms with Crippen molar-refractivity contribution in [2.75, 3.05) is 7.11 Å². The van der Waals surface area contributed by atoms with E-state index < -0.39 is 0 Å². The van der Waals surface area contributed by atoms with Crippen molar-refractivity contribution in [1.29, 1.82) is 0 Å². The van der Waals surface area contributed by atoms with E-state index in [2.05, 4.69) is 31.9 Å². The van der Waals surface area contributed by atoms with Gasteiger partial charge in [0.15, 0.2) is 0 Å². The van der Waals surface area contributed by atoms with Crippen molar-refractivity contribution < 1.29 is 4.74 Å². The van der Waals surface area contributed by atoms with Crippen LogP contribution in [0.2, 0.25) is 0 Å². The lowest BCUT2D eigenvalue weighted by atomic mass is 10.0. The number of alkyl halides is 1. The number of aryl methyl sites for hydroxylation is 1. The molecule has 2 aromatic carbocycles. The summed E-state index contributed by atoms with van der Waals surface area (Å²) in [6, 6.07) is 12.0. The normalized spacial score (nSPS) is 12.3. The molecule has 1 nitrogen and oxygen atoms in total. The van der Waals surface area contributed by atoms with E-state index in [1.54, 1.807) is 7.11 Å². The van der Waals surface area contributed by atoms with Gasteiger partial charge in [0.25, 0.3) is 0 Å². The van der Waals surface area contributed by atoms with E-state index in [1.807, 2.05) is 43.3 Å². The lowest BCUT2D eigenvalue weighted by Gasteiger charge is -2.17. The lowest BCUT2D eigenvalue weighted by Crippen LogP contribution is -1.99. The van der Waals surface area contributed by atoms with Gasteiger partial charge in [0.1, 0.15) is 5.75 Å². The van der Waals surface area contributed by atoms with Crippen LogP contribution in [-0.4, -0.2) is 7.11 Å². The summed E-state index contributed by atoms with van der Waals surface area (Å²) in [5, 5.41) is -0.262. The van der Waals surface area contributed by atoms with E-state index in [0.29, 0.717) is 0 Å². The Labute approximate surface area is 135 Å². The Kier molecular flexibility index (Phi) is 4.93. The number of hydrogen-bond acceptors (Lipinski definition) is 1. The van der Waals surface area contributed by atoms with Crippen LogP contribution in [0.4, 0.5) is 0 Å². The van der Waals surface area contributed by atoms with Crippen LogP contribution in [0.25, 0.3) is 0 Å². The van der Waals surface area contributed by atoms with E-state index in [0.717, 1.165) is 31.4 Å². The molecule has 0 N–H and O–H groups in total. The van der Waals surface area contributed by atoms with Crippen molar-refractivity contribution in [3.05, 3.63) is 62.0 Å². The first-order valence-electron chi connectivity index (χ1n) is 5.77. The summed E-state index contributed by atoms with van der Waals surface area (Å²) in [4.78, 5) is 0. The van der Waals surface area contributed by atoms with E-state index in [-0.39, 0.29) is 5.38 Å². The Balaban J connectivity index is 2.52. The first-order valence-corrected chi connectivity index (χ1v) is 7.79. The Morgan fingerprint density at radius 3 is 2.37 bits per heavy atom. The molecule has 1 unspecified atom stereocenters. The Hall–Kier alpha value is -0.510. The zero-order valence-corrected chi connectivity index (χ0v) is 14.5. The minimum atomic E-state index is -0.262. The topological polar surface area (TPSA) is 9.23 Å². The second-order valence-corrected chi connectivity index (χ2v) is 6.37. The van der Waals surface area contributed by atoms with Crippen molar-refractivity contribution in [3.8, 4) is 5.75 Å². The highest BCUT2D eigenvalue weighted by Gasteiger charge is 2.19. The van der Waals surface area contributed by atoms with Gasteiger partial charge in [0.05, 0.1) is 12.5 Å². The Morgan fingerprint density at radius 2 is 1.74 bits per heavy atom. The molecule has 4 heteroatoms. The van der Waals surface area contributed by atoms with Crippen LogP contribution in [0, 0.1) is 6.92 Å². The van der Waals surface area contributed by atoms with Crippen LogP contribution in [0.15, 0.2) is 45.3 Å². The predicted octanol–water partition coefficient (Wildman–Crippen LogP) is 5.86. The first-order chi connectivity index (χ1) is 9.04. The molecule has 0 amide bonds. The number of benzene rings is 2. The molecule has 100 valence electrons. The fourth-order valence-electron chi connectivity index (χ4n) is 1.89. The molecule has 0 bridgehead atoms. The van der Waals surface area contributed by atoms with Gasteiger partial charge in [-0.2, -0.15) is 0 Å². The van der Waals surface area contributed by atoms with Crippen LogP contribution in [-0.2, 0) is 0 Å². The Bertz CT molecular complexity index is 599. The fourth-order valence-corrected chi connectivity index (χ4v) is 3.26. The molecule has 0 radical (unpaired) electrons. The average Bonchev–Trinajstić information content (AvgIpc) is 2.41. The number of hydrogen-bond donors (Lipinski definition) is 0. The standard InChI is InChI=1S/C15H13Br2ClO/c1-9-7-14(19-2)11(8-13(9)17)15(18)10-5-3-4-6-12(10)16/h3-8,15H,1-2H3. The highest BCUT2D eigenvalue weighted by atomic mass is 79.9. The maximum atomic E-state index is 6.61. The third kappa shape index (κ3) is 3.15. The largest absolute Gasteiger partial charge is 0.496 e. The fraction of sp³-hybridized carbons (Fsp3) is 0.200. The highest BCUT2D eigenvalue weighted by molar-refractivity contribution is 9.10. The molecule has 0 aliphatic rings. The highest BCUT2D eigenvalue weighted by Crippen LogP contribution is 2.40. The van der Waals surface area contributed by atoms with Crippen LogP contribution >= 0.6 is 43.5 Å². The molecule has 2 aromatic rings. The zero-order chi connectivity index (χ0) is 14.0. The SMILES string of the molecule is COc1cc(C)c(Br)cc1C(Cl)c1ccccc1Br. The van der Waals surface area contributed by atoms with Gasteiger partial charge in [-0.1, -0.05) is 50.1 Å². The molecule has 19 heavy (non-hydrogen) atoms.